The van der Waals surface area contributed by atoms with Crippen molar-refractivity contribution in [3.8, 4) is 0 Å². The molecule has 0 saturated heterocycles. The second-order valence-corrected chi connectivity index (χ2v) is 4.34. The highest BCUT2D eigenvalue weighted by Gasteiger charge is 2.35. The molecule has 0 amide bonds. The average Bonchev–Trinajstić information content (AvgIpc) is 2.66. The van der Waals surface area contributed by atoms with Crippen LogP contribution < -0.4 is 5.73 Å². The van der Waals surface area contributed by atoms with Gasteiger partial charge in [-0.3, -0.25) is 0 Å². The Kier molecular flexibility index (Phi) is 2.59. The molecule has 0 aromatic carbocycles. The molecule has 0 aliphatic heterocycles. The fraction of sp³-hybridized carbons (Fsp3) is 0.727. The van der Waals surface area contributed by atoms with E-state index < -0.39 is 0 Å². The molecular weight excluding hydrogens is 176 g/mol. The fourth-order valence-electron chi connectivity index (χ4n) is 2.62. The zero-order valence-electron chi connectivity index (χ0n) is 8.75. The smallest absolute Gasteiger partial charge is 0.137 e. The largest absolute Gasteiger partial charge is 0.361 e. The van der Waals surface area contributed by atoms with Gasteiger partial charge in [0.1, 0.15) is 5.76 Å². The third kappa shape index (κ3) is 1.46. The Morgan fingerprint density at radius 3 is 2.64 bits per heavy atom. The Hall–Kier alpha value is -0.830. The first-order valence-corrected chi connectivity index (χ1v) is 5.40. The predicted molar refractivity (Wildman–Crippen MR) is 55.1 cm³/mol. The summed E-state index contributed by atoms with van der Waals surface area (Å²) in [5, 5.41) is 3.86. The lowest BCUT2D eigenvalue weighted by atomic mass is 9.70. The van der Waals surface area contributed by atoms with Crippen molar-refractivity contribution in [1.29, 1.82) is 0 Å². The predicted octanol–water partition coefficient (Wildman–Crippen LogP) is 2.14. The quantitative estimate of drug-likeness (QED) is 0.784. The van der Waals surface area contributed by atoms with Gasteiger partial charge in [0.05, 0.1) is 6.20 Å². The van der Waals surface area contributed by atoms with E-state index in [0.29, 0.717) is 0 Å². The van der Waals surface area contributed by atoms with Gasteiger partial charge in [-0.1, -0.05) is 24.4 Å². The molecule has 3 nitrogen and oxygen atoms in total. The van der Waals surface area contributed by atoms with Crippen molar-refractivity contribution in [2.24, 2.45) is 5.73 Å². The fourth-order valence-corrected chi connectivity index (χ4v) is 2.62. The van der Waals surface area contributed by atoms with Crippen LogP contribution in [0, 0.1) is 6.92 Å². The highest BCUT2D eigenvalue weighted by Crippen LogP contribution is 2.39. The molecule has 3 heteroatoms. The van der Waals surface area contributed by atoms with Crippen molar-refractivity contribution < 1.29 is 4.52 Å². The summed E-state index contributed by atoms with van der Waals surface area (Å²) in [7, 11) is 0. The summed E-state index contributed by atoms with van der Waals surface area (Å²) in [6.07, 6.45) is 8.13. The average molecular weight is 194 g/mol. The molecule has 78 valence electrons. The van der Waals surface area contributed by atoms with E-state index in [1.807, 2.05) is 13.1 Å². The van der Waals surface area contributed by atoms with Crippen LogP contribution in [0.4, 0.5) is 0 Å². The first kappa shape index (κ1) is 9.71. The molecule has 1 aromatic rings. The van der Waals surface area contributed by atoms with Crippen molar-refractivity contribution in [2.75, 3.05) is 6.54 Å². The first-order valence-electron chi connectivity index (χ1n) is 5.40. The van der Waals surface area contributed by atoms with Crippen LogP contribution in [0.5, 0.6) is 0 Å². The van der Waals surface area contributed by atoms with E-state index in [9.17, 15) is 0 Å². The summed E-state index contributed by atoms with van der Waals surface area (Å²) < 4.78 is 5.14. The van der Waals surface area contributed by atoms with Gasteiger partial charge in [0, 0.05) is 17.5 Å². The van der Waals surface area contributed by atoms with Gasteiger partial charge in [-0.15, -0.1) is 0 Å². The Morgan fingerprint density at radius 1 is 1.43 bits per heavy atom. The van der Waals surface area contributed by atoms with Crippen molar-refractivity contribution in [1.82, 2.24) is 5.16 Å². The summed E-state index contributed by atoms with van der Waals surface area (Å²) in [5.74, 6) is 0.942. The molecule has 0 unspecified atom stereocenters. The van der Waals surface area contributed by atoms with E-state index in [1.165, 1.54) is 37.7 Å². The zero-order valence-corrected chi connectivity index (χ0v) is 8.75. The highest BCUT2D eigenvalue weighted by molar-refractivity contribution is 5.25. The third-order valence-electron chi connectivity index (χ3n) is 3.52. The number of aryl methyl sites for hydroxylation is 1. The third-order valence-corrected chi connectivity index (χ3v) is 3.52. The van der Waals surface area contributed by atoms with Crippen LogP contribution in [0.1, 0.15) is 43.4 Å². The number of hydrogen-bond acceptors (Lipinski definition) is 3. The van der Waals surface area contributed by atoms with Gasteiger partial charge >= 0.3 is 0 Å². The topological polar surface area (TPSA) is 52.0 Å². The van der Waals surface area contributed by atoms with Crippen molar-refractivity contribution in [3.63, 3.8) is 0 Å². The van der Waals surface area contributed by atoms with Gasteiger partial charge < -0.3 is 10.3 Å². The van der Waals surface area contributed by atoms with E-state index in [4.69, 9.17) is 10.3 Å². The maximum Gasteiger partial charge on any atom is 0.137 e. The number of nitrogens with two attached hydrogens (primary N) is 1. The van der Waals surface area contributed by atoms with E-state index in [0.717, 1.165) is 12.3 Å². The van der Waals surface area contributed by atoms with Crippen LogP contribution in [0.25, 0.3) is 0 Å². The minimum Gasteiger partial charge on any atom is -0.361 e. The van der Waals surface area contributed by atoms with Crippen LogP contribution in [0.15, 0.2) is 10.7 Å². The van der Waals surface area contributed by atoms with Crippen molar-refractivity contribution in [3.05, 3.63) is 17.5 Å². The summed E-state index contributed by atoms with van der Waals surface area (Å²) in [6, 6.07) is 0. The number of hydrogen-bond donors (Lipinski definition) is 1. The van der Waals surface area contributed by atoms with Crippen LogP contribution in [-0.2, 0) is 5.41 Å². The monoisotopic (exact) mass is 194 g/mol. The van der Waals surface area contributed by atoms with E-state index in [2.05, 4.69) is 5.16 Å². The van der Waals surface area contributed by atoms with Crippen molar-refractivity contribution >= 4 is 0 Å². The Bertz CT molecular complexity index is 300. The molecular formula is C11H18N2O. The lowest BCUT2D eigenvalue weighted by molar-refractivity contribution is 0.295. The van der Waals surface area contributed by atoms with E-state index >= 15 is 0 Å². The van der Waals surface area contributed by atoms with Gasteiger partial charge in [0.15, 0.2) is 0 Å². The zero-order chi connectivity index (χ0) is 10.0. The number of aromatic nitrogens is 1. The van der Waals surface area contributed by atoms with Gasteiger partial charge in [-0.05, 0) is 19.8 Å². The van der Waals surface area contributed by atoms with E-state index in [1.54, 1.807) is 0 Å². The molecule has 2 N–H and O–H groups in total. The van der Waals surface area contributed by atoms with Crippen LogP contribution in [0.2, 0.25) is 0 Å². The first-order chi connectivity index (χ1) is 6.78. The molecule has 0 radical (unpaired) electrons. The molecule has 0 atom stereocenters. The molecule has 1 fully saturated rings. The minimum absolute atomic E-state index is 0.155. The molecule has 2 rings (SSSR count). The summed E-state index contributed by atoms with van der Waals surface area (Å²) >= 11 is 0. The van der Waals surface area contributed by atoms with Crippen LogP contribution in [-0.4, -0.2) is 11.7 Å². The molecule has 1 aromatic heterocycles. The lowest BCUT2D eigenvalue weighted by Crippen LogP contribution is -2.37. The van der Waals surface area contributed by atoms with Gasteiger partial charge in [-0.2, -0.15) is 0 Å². The van der Waals surface area contributed by atoms with E-state index in [-0.39, 0.29) is 5.41 Å². The lowest BCUT2D eigenvalue weighted by Gasteiger charge is -2.35. The summed E-state index contributed by atoms with van der Waals surface area (Å²) in [4.78, 5) is 0. The molecule has 0 spiro atoms. The molecule has 14 heavy (non-hydrogen) atoms. The number of rotatable bonds is 2. The Morgan fingerprint density at radius 2 is 2.14 bits per heavy atom. The number of nitrogens with zero attached hydrogens (tertiary/aromatic N) is 1. The molecule has 1 heterocycles. The normalized spacial score (nSPS) is 21.0. The minimum atomic E-state index is 0.155. The van der Waals surface area contributed by atoms with Crippen LogP contribution >= 0.6 is 0 Å². The maximum absolute atomic E-state index is 5.93. The second kappa shape index (κ2) is 3.73. The Labute approximate surface area is 84.7 Å². The SMILES string of the molecule is Cc1oncc1C1(CN)CCCCC1. The van der Waals surface area contributed by atoms with Crippen molar-refractivity contribution in [2.45, 2.75) is 44.4 Å². The standard InChI is InChI=1S/C11H18N2O/c1-9-10(7-13-14-9)11(8-12)5-3-2-4-6-11/h7H,2-6,8,12H2,1H3. The second-order valence-electron chi connectivity index (χ2n) is 4.34. The van der Waals surface area contributed by atoms with Gasteiger partial charge in [0.2, 0.25) is 0 Å². The maximum atomic E-state index is 5.93. The molecule has 1 aliphatic carbocycles. The highest BCUT2D eigenvalue weighted by atomic mass is 16.5. The van der Waals surface area contributed by atoms with Crippen LogP contribution in [0.3, 0.4) is 0 Å². The molecule has 1 aliphatic rings. The molecule has 1 saturated carbocycles. The van der Waals surface area contributed by atoms with Gasteiger partial charge in [-0.25, -0.2) is 0 Å². The van der Waals surface area contributed by atoms with Gasteiger partial charge in [0.25, 0.3) is 0 Å². The molecule has 0 bridgehead atoms. The summed E-state index contributed by atoms with van der Waals surface area (Å²) in [5.41, 5.74) is 7.32. The summed E-state index contributed by atoms with van der Waals surface area (Å²) in [6.45, 7) is 2.70. The Balaban J connectivity index is 2.31.